The molecule has 3 heteroatoms. The minimum absolute atomic E-state index is 0.809. The highest BCUT2D eigenvalue weighted by atomic mass is 15.0. The third-order valence-electron chi connectivity index (χ3n) is 5.48. The zero-order valence-corrected chi connectivity index (χ0v) is 16.5. The molecule has 0 saturated heterocycles. The molecule has 0 unspecified atom stereocenters. The van der Waals surface area contributed by atoms with Crippen molar-refractivity contribution in [2.45, 2.75) is 26.2 Å². The van der Waals surface area contributed by atoms with E-state index in [2.05, 4.69) is 87.4 Å². The van der Waals surface area contributed by atoms with Crippen molar-refractivity contribution in [2.75, 3.05) is 0 Å². The number of allylic oxidation sites excluding steroid dienone is 5. The van der Waals surface area contributed by atoms with Crippen molar-refractivity contribution in [3.63, 3.8) is 0 Å². The highest BCUT2D eigenvalue weighted by Gasteiger charge is 2.20. The van der Waals surface area contributed by atoms with Crippen LogP contribution < -0.4 is 0 Å². The van der Waals surface area contributed by atoms with E-state index < -0.39 is 0 Å². The van der Waals surface area contributed by atoms with Crippen LogP contribution in [0.25, 0.3) is 23.9 Å². The number of benzene rings is 1. The van der Waals surface area contributed by atoms with Crippen LogP contribution in [0.5, 0.6) is 0 Å². The second-order valence-electron chi connectivity index (χ2n) is 7.51. The molecule has 2 aliphatic rings. The Kier molecular flexibility index (Phi) is 4.57. The van der Waals surface area contributed by atoms with Crippen molar-refractivity contribution in [3.8, 4) is 5.69 Å². The summed E-state index contributed by atoms with van der Waals surface area (Å²) in [6, 6.07) is 8.89. The van der Waals surface area contributed by atoms with Crippen LogP contribution in [0.3, 0.4) is 0 Å². The van der Waals surface area contributed by atoms with E-state index in [1.54, 1.807) is 0 Å². The number of aryl methyl sites for hydroxylation is 1. The largest absolute Gasteiger partial charge is 0.313 e. The van der Waals surface area contributed by atoms with Crippen molar-refractivity contribution in [1.29, 1.82) is 0 Å². The van der Waals surface area contributed by atoms with Gasteiger partial charge in [-0.1, -0.05) is 54.7 Å². The van der Waals surface area contributed by atoms with Crippen LogP contribution in [-0.2, 0) is 12.8 Å². The maximum absolute atomic E-state index is 4.31. The van der Waals surface area contributed by atoms with E-state index in [4.69, 9.17) is 0 Å². The molecule has 0 fully saturated rings. The Morgan fingerprint density at radius 1 is 0.828 bits per heavy atom. The highest BCUT2D eigenvalue weighted by Crippen LogP contribution is 2.33. The molecule has 3 nitrogen and oxygen atoms in total. The molecular weight excluding hydrogens is 354 g/mol. The van der Waals surface area contributed by atoms with Gasteiger partial charge in [0.25, 0.3) is 0 Å². The maximum atomic E-state index is 4.31. The molecule has 0 radical (unpaired) electrons. The lowest BCUT2D eigenvalue weighted by Gasteiger charge is -2.13. The van der Waals surface area contributed by atoms with Gasteiger partial charge < -0.3 is 4.57 Å². The number of fused-ring (bicyclic) bond motifs is 3. The maximum Gasteiger partial charge on any atom is 0.125 e. The zero-order valence-electron chi connectivity index (χ0n) is 16.5. The Morgan fingerprint density at radius 2 is 1.62 bits per heavy atom. The van der Waals surface area contributed by atoms with Gasteiger partial charge in [-0.2, -0.15) is 0 Å². The molecule has 0 atom stereocenters. The van der Waals surface area contributed by atoms with Crippen LogP contribution in [-0.4, -0.2) is 14.5 Å². The van der Waals surface area contributed by atoms with Crippen molar-refractivity contribution in [1.82, 2.24) is 14.5 Å². The summed E-state index contributed by atoms with van der Waals surface area (Å²) in [6.07, 6.45) is 24.3. The SMILES string of the molecule is Cc1ncc(Cc2ccc(-n3c4c(c5c3CC=CC=C5)C=CCC=C4)cc2)cn1. The predicted molar refractivity (Wildman–Crippen MR) is 120 cm³/mol. The fourth-order valence-corrected chi connectivity index (χ4v) is 4.06. The second-order valence-corrected chi connectivity index (χ2v) is 7.51. The summed E-state index contributed by atoms with van der Waals surface area (Å²) in [5, 5.41) is 0. The van der Waals surface area contributed by atoms with Gasteiger partial charge in [-0.3, -0.25) is 0 Å². The Hall–Kier alpha value is -3.46. The molecule has 142 valence electrons. The standard InChI is InChI=1S/C26H23N3/c1-19-27-17-21(18-28-19)16-20-12-14-22(15-13-20)29-25-10-6-2-4-8-23(25)24-9-5-3-7-11-26(24)29/h2,4-9,11-15,17-18H,3,10,16H2,1H3. The van der Waals surface area contributed by atoms with Crippen LogP contribution in [0.15, 0.2) is 67.0 Å². The number of hydrogen-bond acceptors (Lipinski definition) is 2. The molecule has 29 heavy (non-hydrogen) atoms. The molecule has 2 aliphatic carbocycles. The third-order valence-corrected chi connectivity index (χ3v) is 5.48. The van der Waals surface area contributed by atoms with Gasteiger partial charge in [0.05, 0.1) is 5.69 Å². The normalized spacial score (nSPS) is 14.4. The molecule has 0 aliphatic heterocycles. The average Bonchev–Trinajstić information content (AvgIpc) is 2.97. The smallest absolute Gasteiger partial charge is 0.125 e. The van der Waals surface area contributed by atoms with Gasteiger partial charge in [-0.15, -0.1) is 0 Å². The summed E-state index contributed by atoms with van der Waals surface area (Å²) in [5.74, 6) is 0.809. The Labute approximate surface area is 171 Å². The van der Waals surface area contributed by atoms with Gasteiger partial charge >= 0.3 is 0 Å². The number of nitrogens with zero attached hydrogens (tertiary/aromatic N) is 3. The van der Waals surface area contributed by atoms with Crippen LogP contribution in [0, 0.1) is 6.92 Å². The molecule has 3 aromatic rings. The van der Waals surface area contributed by atoms with Crippen molar-refractivity contribution in [3.05, 3.63) is 107 Å². The summed E-state index contributed by atoms with van der Waals surface area (Å²) < 4.78 is 2.41. The van der Waals surface area contributed by atoms with Gasteiger partial charge in [0.15, 0.2) is 0 Å². The first kappa shape index (κ1) is 17.6. The number of rotatable bonds is 3. The summed E-state index contributed by atoms with van der Waals surface area (Å²) in [4.78, 5) is 8.61. The van der Waals surface area contributed by atoms with Gasteiger partial charge in [0.1, 0.15) is 5.82 Å². The van der Waals surface area contributed by atoms with E-state index in [-0.39, 0.29) is 0 Å². The minimum Gasteiger partial charge on any atom is -0.313 e. The summed E-state index contributed by atoms with van der Waals surface area (Å²) in [6.45, 7) is 1.91. The van der Waals surface area contributed by atoms with Crippen molar-refractivity contribution >= 4 is 18.2 Å². The van der Waals surface area contributed by atoms with Crippen LogP contribution >= 0.6 is 0 Å². The van der Waals surface area contributed by atoms with E-state index in [0.29, 0.717) is 0 Å². The van der Waals surface area contributed by atoms with Crippen molar-refractivity contribution in [2.24, 2.45) is 0 Å². The Bertz CT molecular complexity index is 1150. The van der Waals surface area contributed by atoms with Gasteiger partial charge in [-0.25, -0.2) is 9.97 Å². The van der Waals surface area contributed by atoms with E-state index >= 15 is 0 Å². The van der Waals surface area contributed by atoms with Crippen molar-refractivity contribution < 1.29 is 0 Å². The molecule has 0 amide bonds. The summed E-state index contributed by atoms with van der Waals surface area (Å²) >= 11 is 0. The molecule has 0 spiro atoms. The topological polar surface area (TPSA) is 30.7 Å². The molecule has 2 heterocycles. The van der Waals surface area contributed by atoms with Crippen LogP contribution in [0.4, 0.5) is 0 Å². The first-order valence-electron chi connectivity index (χ1n) is 10.1. The summed E-state index contributed by atoms with van der Waals surface area (Å²) in [7, 11) is 0. The third kappa shape index (κ3) is 3.40. The molecule has 2 aromatic heterocycles. The van der Waals surface area contributed by atoms with E-state index in [9.17, 15) is 0 Å². The molecule has 5 rings (SSSR count). The van der Waals surface area contributed by atoms with E-state index in [0.717, 1.165) is 30.7 Å². The molecular formula is C26H23N3. The van der Waals surface area contributed by atoms with E-state index in [1.807, 2.05) is 19.3 Å². The number of hydrogen-bond donors (Lipinski definition) is 0. The molecule has 0 saturated carbocycles. The number of aromatic nitrogens is 3. The van der Waals surface area contributed by atoms with Gasteiger partial charge in [0.2, 0.25) is 0 Å². The molecule has 0 bridgehead atoms. The zero-order chi connectivity index (χ0) is 19.6. The fraction of sp³-hybridized carbons (Fsp3) is 0.154. The summed E-state index contributed by atoms with van der Waals surface area (Å²) in [5.41, 5.74) is 8.86. The Morgan fingerprint density at radius 3 is 2.45 bits per heavy atom. The first-order chi connectivity index (χ1) is 14.3. The molecule has 1 aromatic carbocycles. The lowest BCUT2D eigenvalue weighted by Crippen LogP contribution is -2.03. The van der Waals surface area contributed by atoms with Gasteiger partial charge in [0, 0.05) is 47.7 Å². The van der Waals surface area contributed by atoms with Gasteiger partial charge in [-0.05, 0) is 42.7 Å². The average molecular weight is 377 g/mol. The lowest BCUT2D eigenvalue weighted by molar-refractivity contribution is 0.958. The predicted octanol–water partition coefficient (Wildman–Crippen LogP) is 5.72. The fourth-order valence-electron chi connectivity index (χ4n) is 4.06. The minimum atomic E-state index is 0.809. The lowest BCUT2D eigenvalue weighted by atomic mass is 10.1. The quantitative estimate of drug-likeness (QED) is 0.584. The second kappa shape index (κ2) is 7.51. The van der Waals surface area contributed by atoms with E-state index in [1.165, 1.54) is 33.8 Å². The van der Waals surface area contributed by atoms with Crippen LogP contribution in [0.2, 0.25) is 0 Å². The monoisotopic (exact) mass is 377 g/mol. The highest BCUT2D eigenvalue weighted by molar-refractivity contribution is 5.79. The Balaban J connectivity index is 1.55. The van der Waals surface area contributed by atoms with Crippen LogP contribution in [0.1, 0.15) is 45.9 Å². The molecule has 0 N–H and O–H groups in total. The first-order valence-corrected chi connectivity index (χ1v) is 10.1.